The number of aromatic nitrogens is 2. The van der Waals surface area contributed by atoms with Crippen molar-refractivity contribution in [3.63, 3.8) is 0 Å². The van der Waals surface area contributed by atoms with Gasteiger partial charge in [0.1, 0.15) is 0 Å². The lowest BCUT2D eigenvalue weighted by molar-refractivity contribution is 0.0924. The van der Waals surface area contributed by atoms with Crippen LogP contribution in [0.1, 0.15) is 26.4 Å². The van der Waals surface area contributed by atoms with Gasteiger partial charge in [0, 0.05) is 11.9 Å². The Hall–Kier alpha value is -2.56. The van der Waals surface area contributed by atoms with Crippen LogP contribution in [0.3, 0.4) is 0 Å². The zero-order valence-corrected chi connectivity index (χ0v) is 9.62. The molecule has 0 N–H and O–H groups in total. The molecule has 0 radical (unpaired) electrons. The van der Waals surface area contributed by atoms with E-state index in [2.05, 4.69) is 9.97 Å². The number of fused-ring (bicyclic) bond motifs is 1. The molecule has 0 spiro atoms. The van der Waals surface area contributed by atoms with Crippen molar-refractivity contribution in [3.8, 4) is 0 Å². The van der Waals surface area contributed by atoms with Crippen LogP contribution in [0.2, 0.25) is 0 Å². The van der Waals surface area contributed by atoms with Gasteiger partial charge in [0.05, 0.1) is 11.1 Å². The van der Waals surface area contributed by atoms with Gasteiger partial charge >= 0.3 is 0 Å². The van der Waals surface area contributed by atoms with Gasteiger partial charge in [0.15, 0.2) is 0 Å². The molecule has 18 heavy (non-hydrogen) atoms. The molecule has 1 aliphatic heterocycles. The number of nitrogens with zero attached hydrogens (tertiary/aromatic N) is 3. The van der Waals surface area contributed by atoms with E-state index in [-0.39, 0.29) is 17.8 Å². The van der Waals surface area contributed by atoms with Crippen molar-refractivity contribution in [1.29, 1.82) is 0 Å². The molecule has 1 aliphatic rings. The lowest BCUT2D eigenvalue weighted by Crippen LogP contribution is -2.31. The van der Waals surface area contributed by atoms with Crippen LogP contribution in [-0.2, 0) is 0 Å². The summed E-state index contributed by atoms with van der Waals surface area (Å²) in [6.45, 7) is 1.78. The third kappa shape index (κ3) is 1.41. The molecule has 1 aromatic carbocycles. The lowest BCUT2D eigenvalue weighted by atomic mass is 10.1. The van der Waals surface area contributed by atoms with Crippen molar-refractivity contribution < 1.29 is 9.59 Å². The lowest BCUT2D eigenvalue weighted by Gasteiger charge is -2.11. The van der Waals surface area contributed by atoms with Gasteiger partial charge in [-0.15, -0.1) is 0 Å². The SMILES string of the molecule is Cc1ccnc(N2C(=O)c3ccccc3C2=O)n1. The van der Waals surface area contributed by atoms with Gasteiger partial charge in [0.2, 0.25) is 5.95 Å². The Morgan fingerprint density at radius 2 is 1.61 bits per heavy atom. The van der Waals surface area contributed by atoms with Crippen molar-refractivity contribution in [2.24, 2.45) is 0 Å². The number of carbonyl (C=O) groups is 2. The van der Waals surface area contributed by atoms with Crippen molar-refractivity contribution in [3.05, 3.63) is 53.3 Å². The summed E-state index contributed by atoms with van der Waals surface area (Å²) < 4.78 is 0. The first kappa shape index (κ1) is 10.6. The molecule has 3 rings (SSSR count). The fraction of sp³-hybridized carbons (Fsp3) is 0.0769. The Balaban J connectivity index is 2.12. The van der Waals surface area contributed by atoms with E-state index < -0.39 is 0 Å². The minimum atomic E-state index is -0.374. The van der Waals surface area contributed by atoms with Crippen molar-refractivity contribution in [2.45, 2.75) is 6.92 Å². The average molecular weight is 239 g/mol. The summed E-state index contributed by atoms with van der Waals surface area (Å²) in [4.78, 5) is 33.4. The van der Waals surface area contributed by atoms with Crippen molar-refractivity contribution >= 4 is 17.8 Å². The fourth-order valence-electron chi connectivity index (χ4n) is 1.91. The molecular formula is C13H9N3O2. The summed E-state index contributed by atoms with van der Waals surface area (Å²) in [5.74, 6) is -0.622. The zero-order chi connectivity index (χ0) is 12.7. The Morgan fingerprint density at radius 3 is 2.17 bits per heavy atom. The molecule has 88 valence electrons. The summed E-state index contributed by atoms with van der Waals surface area (Å²) >= 11 is 0. The number of amides is 2. The number of hydrogen-bond donors (Lipinski definition) is 0. The maximum atomic E-state index is 12.1. The summed E-state index contributed by atoms with van der Waals surface area (Å²) in [5.41, 5.74) is 1.50. The molecule has 0 unspecified atom stereocenters. The number of carbonyl (C=O) groups excluding carboxylic acids is 2. The van der Waals surface area contributed by atoms with E-state index in [1.165, 1.54) is 6.20 Å². The summed E-state index contributed by atoms with van der Waals surface area (Å²) in [7, 11) is 0. The molecular weight excluding hydrogens is 230 g/mol. The second-order valence-electron chi connectivity index (χ2n) is 3.99. The number of hydrogen-bond acceptors (Lipinski definition) is 4. The minimum Gasteiger partial charge on any atom is -0.268 e. The van der Waals surface area contributed by atoms with Gasteiger partial charge in [0.25, 0.3) is 11.8 Å². The second-order valence-corrected chi connectivity index (χ2v) is 3.99. The van der Waals surface area contributed by atoms with Gasteiger partial charge in [-0.25, -0.2) is 14.9 Å². The largest absolute Gasteiger partial charge is 0.268 e. The number of benzene rings is 1. The normalized spacial score (nSPS) is 13.9. The molecule has 0 aliphatic carbocycles. The molecule has 2 heterocycles. The predicted molar refractivity (Wildman–Crippen MR) is 64.4 cm³/mol. The van der Waals surface area contributed by atoms with Crippen LogP contribution in [0.25, 0.3) is 0 Å². The standard InChI is InChI=1S/C13H9N3O2/c1-8-6-7-14-13(15-8)16-11(17)9-4-2-3-5-10(9)12(16)18/h2-7H,1H3. The number of rotatable bonds is 1. The van der Waals surface area contributed by atoms with E-state index >= 15 is 0 Å². The highest BCUT2D eigenvalue weighted by atomic mass is 16.2. The van der Waals surface area contributed by atoms with Gasteiger partial charge in [-0.05, 0) is 25.1 Å². The Labute approximate surface area is 103 Å². The predicted octanol–water partition coefficient (Wildman–Crippen LogP) is 1.59. The van der Waals surface area contributed by atoms with Gasteiger partial charge < -0.3 is 0 Å². The van der Waals surface area contributed by atoms with Crippen LogP contribution in [0.5, 0.6) is 0 Å². The molecule has 2 amide bonds. The molecule has 5 nitrogen and oxygen atoms in total. The first-order valence-electron chi connectivity index (χ1n) is 5.46. The van der Waals surface area contributed by atoms with Crippen molar-refractivity contribution in [2.75, 3.05) is 4.90 Å². The highest BCUT2D eigenvalue weighted by Crippen LogP contribution is 2.25. The van der Waals surface area contributed by atoms with E-state index in [1.54, 1.807) is 37.3 Å². The van der Waals surface area contributed by atoms with E-state index in [4.69, 9.17) is 0 Å². The highest BCUT2D eigenvalue weighted by molar-refractivity contribution is 6.33. The average Bonchev–Trinajstić information content (AvgIpc) is 2.63. The molecule has 0 saturated heterocycles. The van der Waals surface area contributed by atoms with Crippen LogP contribution in [0, 0.1) is 6.92 Å². The Kier molecular flexibility index (Phi) is 2.19. The van der Waals surface area contributed by atoms with E-state index in [0.29, 0.717) is 16.8 Å². The third-order valence-electron chi connectivity index (χ3n) is 2.78. The Bertz CT molecular complexity index is 632. The van der Waals surface area contributed by atoms with E-state index in [0.717, 1.165) is 4.90 Å². The molecule has 5 heteroatoms. The van der Waals surface area contributed by atoms with Crippen LogP contribution in [-0.4, -0.2) is 21.8 Å². The highest BCUT2D eigenvalue weighted by Gasteiger charge is 2.37. The van der Waals surface area contributed by atoms with Gasteiger partial charge in [-0.3, -0.25) is 9.59 Å². The number of aryl methyl sites for hydroxylation is 1. The zero-order valence-electron chi connectivity index (χ0n) is 9.62. The maximum absolute atomic E-state index is 12.1. The number of imide groups is 1. The monoisotopic (exact) mass is 239 g/mol. The summed E-state index contributed by atoms with van der Waals surface area (Å²) in [6.07, 6.45) is 1.53. The number of anilines is 1. The van der Waals surface area contributed by atoms with Crippen LogP contribution >= 0.6 is 0 Å². The molecule has 1 aromatic heterocycles. The molecule has 0 bridgehead atoms. The second kappa shape index (κ2) is 3.73. The first-order valence-corrected chi connectivity index (χ1v) is 5.46. The van der Waals surface area contributed by atoms with Crippen LogP contribution < -0.4 is 4.90 Å². The molecule has 2 aromatic rings. The maximum Gasteiger partial charge on any atom is 0.268 e. The smallest absolute Gasteiger partial charge is 0.268 e. The fourth-order valence-corrected chi connectivity index (χ4v) is 1.91. The van der Waals surface area contributed by atoms with Gasteiger partial charge in [-0.2, -0.15) is 0 Å². The molecule has 0 atom stereocenters. The van der Waals surface area contributed by atoms with E-state index in [9.17, 15) is 9.59 Å². The van der Waals surface area contributed by atoms with Gasteiger partial charge in [-0.1, -0.05) is 12.1 Å². The molecule has 0 saturated carbocycles. The van der Waals surface area contributed by atoms with E-state index in [1.807, 2.05) is 0 Å². The van der Waals surface area contributed by atoms with Crippen molar-refractivity contribution in [1.82, 2.24) is 9.97 Å². The van der Waals surface area contributed by atoms with Crippen LogP contribution in [0.4, 0.5) is 5.95 Å². The molecule has 0 fully saturated rings. The Morgan fingerprint density at radius 1 is 1.00 bits per heavy atom. The third-order valence-corrected chi connectivity index (χ3v) is 2.78. The van der Waals surface area contributed by atoms with Crippen LogP contribution in [0.15, 0.2) is 36.5 Å². The first-order chi connectivity index (χ1) is 8.68. The minimum absolute atomic E-state index is 0.126. The summed E-state index contributed by atoms with van der Waals surface area (Å²) in [5, 5.41) is 0. The topological polar surface area (TPSA) is 63.2 Å². The summed E-state index contributed by atoms with van der Waals surface area (Å²) in [6, 6.07) is 8.42. The quantitative estimate of drug-likeness (QED) is 0.709.